The number of hydrogen-bond acceptors (Lipinski definition) is 2. The standard InChI is InChI=1S/C10H18O2/c11-8-4-3-7-10(9(8)12)5-1-2-6-10/h8-9,11-12H,1-7H2. The molecule has 0 amide bonds. The van der Waals surface area contributed by atoms with Gasteiger partial charge in [0, 0.05) is 0 Å². The van der Waals surface area contributed by atoms with Crippen LogP contribution in [0.2, 0.25) is 0 Å². The van der Waals surface area contributed by atoms with E-state index < -0.39 is 12.2 Å². The van der Waals surface area contributed by atoms with Gasteiger partial charge in [0.2, 0.25) is 0 Å². The monoisotopic (exact) mass is 170 g/mol. The fourth-order valence-corrected chi connectivity index (χ4v) is 3.00. The van der Waals surface area contributed by atoms with Crippen molar-refractivity contribution in [2.24, 2.45) is 5.41 Å². The number of hydrogen-bond donors (Lipinski definition) is 2. The number of aliphatic hydroxyl groups excluding tert-OH is 2. The minimum Gasteiger partial charge on any atom is -0.390 e. The van der Waals surface area contributed by atoms with E-state index in [1.807, 2.05) is 0 Å². The second-order valence-electron chi connectivity index (χ2n) is 4.47. The summed E-state index contributed by atoms with van der Waals surface area (Å²) in [5.41, 5.74) is 0.109. The van der Waals surface area contributed by atoms with Crippen LogP contribution in [0.5, 0.6) is 0 Å². The lowest BCUT2D eigenvalue weighted by Gasteiger charge is -2.41. The molecule has 70 valence electrons. The zero-order valence-corrected chi connectivity index (χ0v) is 7.50. The van der Waals surface area contributed by atoms with Gasteiger partial charge in [0.25, 0.3) is 0 Å². The molecule has 12 heavy (non-hydrogen) atoms. The molecule has 2 atom stereocenters. The smallest absolute Gasteiger partial charge is 0.0855 e. The summed E-state index contributed by atoms with van der Waals surface area (Å²) < 4.78 is 0. The molecule has 0 bridgehead atoms. The van der Waals surface area contributed by atoms with Crippen LogP contribution in [-0.4, -0.2) is 22.4 Å². The minimum absolute atomic E-state index is 0.109. The molecule has 0 saturated heterocycles. The zero-order chi connectivity index (χ0) is 8.60. The summed E-state index contributed by atoms with van der Waals surface area (Å²) in [5, 5.41) is 19.4. The number of rotatable bonds is 0. The Labute approximate surface area is 73.6 Å². The van der Waals surface area contributed by atoms with Gasteiger partial charge in [-0.1, -0.05) is 19.3 Å². The Morgan fingerprint density at radius 2 is 1.50 bits per heavy atom. The molecule has 2 N–H and O–H groups in total. The maximum Gasteiger partial charge on any atom is 0.0855 e. The Bertz CT molecular complexity index is 161. The van der Waals surface area contributed by atoms with Crippen molar-refractivity contribution >= 4 is 0 Å². The van der Waals surface area contributed by atoms with E-state index in [9.17, 15) is 10.2 Å². The van der Waals surface area contributed by atoms with Crippen LogP contribution in [0.3, 0.4) is 0 Å². The summed E-state index contributed by atoms with van der Waals surface area (Å²) in [5.74, 6) is 0. The van der Waals surface area contributed by atoms with Gasteiger partial charge in [-0.25, -0.2) is 0 Å². The Morgan fingerprint density at radius 3 is 2.17 bits per heavy atom. The van der Waals surface area contributed by atoms with Gasteiger partial charge in [-0.2, -0.15) is 0 Å². The van der Waals surface area contributed by atoms with Crippen molar-refractivity contribution in [1.82, 2.24) is 0 Å². The highest BCUT2D eigenvalue weighted by Crippen LogP contribution is 2.48. The van der Waals surface area contributed by atoms with Crippen molar-refractivity contribution in [2.45, 2.75) is 57.2 Å². The van der Waals surface area contributed by atoms with E-state index >= 15 is 0 Å². The van der Waals surface area contributed by atoms with Gasteiger partial charge in [-0.05, 0) is 31.1 Å². The molecule has 2 heteroatoms. The number of aliphatic hydroxyl groups is 2. The summed E-state index contributed by atoms with van der Waals surface area (Å²) in [4.78, 5) is 0. The van der Waals surface area contributed by atoms with E-state index in [0.29, 0.717) is 0 Å². The van der Waals surface area contributed by atoms with Crippen molar-refractivity contribution in [2.75, 3.05) is 0 Å². The van der Waals surface area contributed by atoms with E-state index in [4.69, 9.17) is 0 Å². The van der Waals surface area contributed by atoms with Crippen LogP contribution in [0.4, 0.5) is 0 Å². The summed E-state index contributed by atoms with van der Waals surface area (Å²) in [6.07, 6.45) is 6.88. The topological polar surface area (TPSA) is 40.5 Å². The van der Waals surface area contributed by atoms with Crippen molar-refractivity contribution in [3.05, 3.63) is 0 Å². The maximum absolute atomic E-state index is 9.88. The molecule has 2 saturated carbocycles. The van der Waals surface area contributed by atoms with Crippen molar-refractivity contribution in [1.29, 1.82) is 0 Å². The highest BCUT2D eigenvalue weighted by molar-refractivity contribution is 4.96. The van der Waals surface area contributed by atoms with E-state index in [2.05, 4.69) is 0 Å². The fourth-order valence-electron chi connectivity index (χ4n) is 3.00. The second kappa shape index (κ2) is 3.00. The molecule has 2 unspecified atom stereocenters. The van der Waals surface area contributed by atoms with Crippen molar-refractivity contribution in [3.63, 3.8) is 0 Å². The lowest BCUT2D eigenvalue weighted by atomic mass is 9.69. The van der Waals surface area contributed by atoms with Gasteiger partial charge in [0.15, 0.2) is 0 Å². The van der Waals surface area contributed by atoms with E-state index in [0.717, 1.165) is 32.1 Å². The molecule has 2 nitrogen and oxygen atoms in total. The van der Waals surface area contributed by atoms with Crippen LogP contribution >= 0.6 is 0 Å². The molecule has 2 fully saturated rings. The van der Waals surface area contributed by atoms with Gasteiger partial charge in [-0.15, -0.1) is 0 Å². The molecule has 2 aliphatic carbocycles. The third-order valence-corrected chi connectivity index (χ3v) is 3.77. The largest absolute Gasteiger partial charge is 0.390 e. The van der Waals surface area contributed by atoms with Crippen LogP contribution in [0, 0.1) is 5.41 Å². The third kappa shape index (κ3) is 1.17. The summed E-state index contributed by atoms with van der Waals surface area (Å²) in [6.45, 7) is 0. The highest BCUT2D eigenvalue weighted by atomic mass is 16.3. The Hall–Kier alpha value is -0.0800. The molecule has 0 radical (unpaired) electrons. The lowest BCUT2D eigenvalue weighted by Crippen LogP contribution is -2.45. The zero-order valence-electron chi connectivity index (χ0n) is 7.50. The van der Waals surface area contributed by atoms with Gasteiger partial charge in [0.05, 0.1) is 12.2 Å². The van der Waals surface area contributed by atoms with Crippen LogP contribution in [0.25, 0.3) is 0 Å². The van der Waals surface area contributed by atoms with Gasteiger partial charge in [-0.3, -0.25) is 0 Å². The van der Waals surface area contributed by atoms with E-state index in [1.54, 1.807) is 0 Å². The van der Waals surface area contributed by atoms with Crippen molar-refractivity contribution in [3.8, 4) is 0 Å². The molecule has 0 heterocycles. The van der Waals surface area contributed by atoms with Gasteiger partial charge < -0.3 is 10.2 Å². The average molecular weight is 170 g/mol. The van der Waals surface area contributed by atoms with Crippen LogP contribution in [0.1, 0.15) is 44.9 Å². The summed E-state index contributed by atoms with van der Waals surface area (Å²) in [7, 11) is 0. The van der Waals surface area contributed by atoms with Gasteiger partial charge >= 0.3 is 0 Å². The molecule has 1 spiro atoms. The predicted octanol–water partition coefficient (Wildman–Crippen LogP) is 1.45. The van der Waals surface area contributed by atoms with Gasteiger partial charge in [0.1, 0.15) is 0 Å². The Kier molecular flexibility index (Phi) is 2.13. The maximum atomic E-state index is 9.88. The quantitative estimate of drug-likeness (QED) is 0.577. The highest BCUT2D eigenvalue weighted by Gasteiger charge is 2.45. The first-order valence-corrected chi connectivity index (χ1v) is 5.11. The van der Waals surface area contributed by atoms with Crippen LogP contribution in [0.15, 0.2) is 0 Å². The van der Waals surface area contributed by atoms with E-state index in [1.165, 1.54) is 12.8 Å². The minimum atomic E-state index is -0.447. The molecule has 2 rings (SSSR count). The molecule has 0 aromatic carbocycles. The fraction of sp³-hybridized carbons (Fsp3) is 1.00. The predicted molar refractivity (Wildman–Crippen MR) is 46.8 cm³/mol. The second-order valence-corrected chi connectivity index (χ2v) is 4.47. The summed E-state index contributed by atoms with van der Waals surface area (Å²) in [6, 6.07) is 0. The first kappa shape index (κ1) is 8.52. The first-order valence-electron chi connectivity index (χ1n) is 5.11. The average Bonchev–Trinajstić information content (AvgIpc) is 2.50. The van der Waals surface area contributed by atoms with E-state index in [-0.39, 0.29) is 5.41 Å². The molecule has 0 aliphatic heterocycles. The molecule has 0 aromatic heterocycles. The van der Waals surface area contributed by atoms with Crippen LogP contribution < -0.4 is 0 Å². The third-order valence-electron chi connectivity index (χ3n) is 3.77. The lowest BCUT2D eigenvalue weighted by molar-refractivity contribution is -0.0932. The Balaban J connectivity index is 2.11. The normalized spacial score (nSPS) is 40.5. The first-order chi connectivity index (χ1) is 5.75. The molecular weight excluding hydrogens is 152 g/mol. The van der Waals surface area contributed by atoms with Crippen molar-refractivity contribution < 1.29 is 10.2 Å². The van der Waals surface area contributed by atoms with Crippen LogP contribution in [-0.2, 0) is 0 Å². The summed E-state index contributed by atoms with van der Waals surface area (Å²) >= 11 is 0. The SMILES string of the molecule is OC1CCCC2(CCCC2)C1O. The Morgan fingerprint density at radius 1 is 0.917 bits per heavy atom. The molecular formula is C10H18O2. The molecule has 0 aromatic rings. The molecule has 2 aliphatic rings.